The molecule has 1 aliphatic heterocycles. The summed E-state index contributed by atoms with van der Waals surface area (Å²) in [5, 5.41) is 7.44. The summed E-state index contributed by atoms with van der Waals surface area (Å²) in [5.74, 6) is 0.532. The Bertz CT molecular complexity index is 1230. The number of hydrogen-bond donors (Lipinski definition) is 2. The smallest absolute Gasteiger partial charge is 0.260 e. The van der Waals surface area contributed by atoms with Crippen LogP contribution in [0.4, 0.5) is 5.69 Å². The first kappa shape index (κ1) is 25.5. The van der Waals surface area contributed by atoms with Crippen molar-refractivity contribution in [2.24, 2.45) is 0 Å². The van der Waals surface area contributed by atoms with E-state index in [2.05, 4.69) is 61.5 Å². The van der Waals surface area contributed by atoms with E-state index in [-0.39, 0.29) is 11.4 Å². The second kappa shape index (κ2) is 11.4. The van der Waals surface area contributed by atoms with Gasteiger partial charge >= 0.3 is 0 Å². The molecule has 0 spiro atoms. The summed E-state index contributed by atoms with van der Waals surface area (Å²) in [7, 11) is 0. The first-order chi connectivity index (χ1) is 16.3. The molecular formula is C25H20Br2Cl2N2O2S. The number of amides is 1. The van der Waals surface area contributed by atoms with Gasteiger partial charge in [0.25, 0.3) is 5.91 Å². The van der Waals surface area contributed by atoms with Crippen LogP contribution in [-0.2, 0) is 17.8 Å². The lowest BCUT2D eigenvalue weighted by molar-refractivity contribution is -0.116. The number of thioether (sulfide) groups is 1. The first-order valence-electron chi connectivity index (χ1n) is 10.4. The molecule has 1 atom stereocenters. The van der Waals surface area contributed by atoms with Crippen molar-refractivity contribution in [2.45, 2.75) is 25.4 Å². The average Bonchev–Trinajstić information content (AvgIpc) is 3.13. The van der Waals surface area contributed by atoms with Crippen LogP contribution in [0.3, 0.4) is 0 Å². The van der Waals surface area contributed by atoms with E-state index in [4.69, 9.17) is 27.9 Å². The molecule has 3 aromatic carbocycles. The Labute approximate surface area is 229 Å². The quantitative estimate of drug-likeness (QED) is 0.255. The number of carbonyl (C=O) groups excluding carboxylic acids is 1. The predicted octanol–water partition coefficient (Wildman–Crippen LogP) is 8.26. The van der Waals surface area contributed by atoms with Crippen LogP contribution in [0.1, 0.15) is 23.6 Å². The van der Waals surface area contributed by atoms with E-state index >= 15 is 0 Å². The van der Waals surface area contributed by atoms with E-state index in [1.807, 2.05) is 36.4 Å². The number of ether oxygens (including phenoxy) is 1. The molecule has 2 N–H and O–H groups in total. The van der Waals surface area contributed by atoms with Gasteiger partial charge in [0.05, 0.1) is 13.9 Å². The molecular weight excluding hydrogens is 623 g/mol. The Kier molecular flexibility index (Phi) is 8.53. The fraction of sp³-hybridized carbons (Fsp3) is 0.160. The van der Waals surface area contributed by atoms with Gasteiger partial charge in [-0.15, -0.1) is 0 Å². The fourth-order valence-electron chi connectivity index (χ4n) is 3.29. The molecule has 0 saturated carbocycles. The maximum atomic E-state index is 12.5. The lowest BCUT2D eigenvalue weighted by atomic mass is 10.1. The van der Waals surface area contributed by atoms with Gasteiger partial charge in [-0.05, 0) is 91.9 Å². The standard InChI is InChI=1S/C25H20Br2Cl2N2O2S/c1-2-14-3-7-18(8-4-14)30-25-31-24(32)22(34-25)11-15-9-19(26)23(20(27)10-15)33-13-16-5-6-17(28)12-21(16)29/h3-12,25,30H,2,13H2,1H3,(H,31,32)/b22-11-/t25-/m0/s1. The molecule has 0 bridgehead atoms. The zero-order chi connectivity index (χ0) is 24.2. The molecule has 0 radical (unpaired) electrons. The predicted molar refractivity (Wildman–Crippen MR) is 150 cm³/mol. The molecule has 1 heterocycles. The summed E-state index contributed by atoms with van der Waals surface area (Å²) in [5.41, 5.74) is 3.70. The summed E-state index contributed by atoms with van der Waals surface area (Å²) < 4.78 is 7.50. The molecule has 0 aliphatic carbocycles. The monoisotopic (exact) mass is 640 g/mol. The average molecular weight is 643 g/mol. The number of benzene rings is 3. The maximum Gasteiger partial charge on any atom is 0.260 e. The third-order valence-corrected chi connectivity index (χ3v) is 7.89. The normalized spacial score (nSPS) is 16.6. The zero-order valence-electron chi connectivity index (χ0n) is 18.0. The molecule has 176 valence electrons. The Morgan fingerprint density at radius 1 is 1.09 bits per heavy atom. The molecule has 4 rings (SSSR count). The van der Waals surface area contributed by atoms with Gasteiger partial charge in [0, 0.05) is 21.3 Å². The van der Waals surface area contributed by atoms with Crippen LogP contribution in [-0.4, -0.2) is 11.4 Å². The minimum atomic E-state index is -0.232. The Morgan fingerprint density at radius 3 is 2.44 bits per heavy atom. The highest BCUT2D eigenvalue weighted by atomic mass is 79.9. The second-order valence-electron chi connectivity index (χ2n) is 7.51. The molecule has 4 nitrogen and oxygen atoms in total. The van der Waals surface area contributed by atoms with Crippen molar-refractivity contribution in [2.75, 3.05) is 5.32 Å². The molecule has 1 fully saturated rings. The van der Waals surface area contributed by atoms with Crippen LogP contribution in [0, 0.1) is 0 Å². The topological polar surface area (TPSA) is 50.4 Å². The number of aryl methyl sites for hydroxylation is 1. The van der Waals surface area contributed by atoms with E-state index in [1.165, 1.54) is 17.3 Å². The van der Waals surface area contributed by atoms with Crippen molar-refractivity contribution in [1.82, 2.24) is 5.32 Å². The van der Waals surface area contributed by atoms with Crippen LogP contribution < -0.4 is 15.4 Å². The van der Waals surface area contributed by atoms with Crippen molar-refractivity contribution in [1.29, 1.82) is 0 Å². The molecule has 1 aliphatic rings. The van der Waals surface area contributed by atoms with Crippen molar-refractivity contribution < 1.29 is 9.53 Å². The van der Waals surface area contributed by atoms with Crippen molar-refractivity contribution >= 4 is 84.5 Å². The molecule has 1 amide bonds. The van der Waals surface area contributed by atoms with Crippen LogP contribution in [0.25, 0.3) is 6.08 Å². The largest absolute Gasteiger partial charge is 0.486 e. The molecule has 0 aromatic heterocycles. The van der Waals surface area contributed by atoms with Gasteiger partial charge in [-0.2, -0.15) is 0 Å². The van der Waals surface area contributed by atoms with Gasteiger partial charge < -0.3 is 15.4 Å². The number of carbonyl (C=O) groups is 1. The fourth-order valence-corrected chi connectivity index (χ4v) is 6.19. The number of nitrogens with one attached hydrogen (secondary N) is 2. The lowest BCUT2D eigenvalue weighted by Crippen LogP contribution is -2.30. The van der Waals surface area contributed by atoms with Crippen LogP contribution in [0.2, 0.25) is 10.0 Å². The Morgan fingerprint density at radius 2 is 1.79 bits per heavy atom. The van der Waals surface area contributed by atoms with Crippen LogP contribution in [0.15, 0.2) is 68.4 Å². The van der Waals surface area contributed by atoms with E-state index < -0.39 is 0 Å². The van der Waals surface area contributed by atoms with Gasteiger partial charge in [-0.25, -0.2) is 0 Å². The maximum absolute atomic E-state index is 12.5. The lowest BCUT2D eigenvalue weighted by Gasteiger charge is -2.13. The zero-order valence-corrected chi connectivity index (χ0v) is 23.5. The summed E-state index contributed by atoms with van der Waals surface area (Å²) in [6, 6.07) is 17.3. The third kappa shape index (κ3) is 6.32. The number of hydrogen-bond acceptors (Lipinski definition) is 4. The highest BCUT2D eigenvalue weighted by Crippen LogP contribution is 2.38. The van der Waals surface area contributed by atoms with Gasteiger partial charge in [0.2, 0.25) is 0 Å². The molecule has 34 heavy (non-hydrogen) atoms. The molecule has 9 heteroatoms. The minimum Gasteiger partial charge on any atom is -0.486 e. The Balaban J connectivity index is 1.44. The number of rotatable bonds is 7. The van der Waals surface area contributed by atoms with Gasteiger partial charge in [0.15, 0.2) is 5.50 Å². The SMILES string of the molecule is CCc1ccc(N[C@H]2NC(=O)/C(=C/c3cc(Br)c(OCc4ccc(Cl)cc4Cl)c(Br)c3)S2)cc1. The van der Waals surface area contributed by atoms with E-state index in [0.29, 0.717) is 27.3 Å². The van der Waals surface area contributed by atoms with E-state index in [0.717, 1.165) is 32.2 Å². The molecule has 1 saturated heterocycles. The summed E-state index contributed by atoms with van der Waals surface area (Å²) in [4.78, 5) is 13.1. The summed E-state index contributed by atoms with van der Waals surface area (Å²) >= 11 is 20.8. The highest BCUT2D eigenvalue weighted by Gasteiger charge is 2.27. The van der Waals surface area contributed by atoms with Gasteiger partial charge in [0.1, 0.15) is 12.4 Å². The third-order valence-electron chi connectivity index (χ3n) is 5.10. The second-order valence-corrected chi connectivity index (χ2v) is 11.2. The minimum absolute atomic E-state index is 0.113. The Hall–Kier alpha value is -1.64. The number of halogens is 4. The van der Waals surface area contributed by atoms with Crippen molar-refractivity contribution in [3.05, 3.63) is 95.2 Å². The van der Waals surface area contributed by atoms with Crippen LogP contribution >= 0.6 is 66.8 Å². The van der Waals surface area contributed by atoms with Crippen LogP contribution in [0.5, 0.6) is 5.75 Å². The van der Waals surface area contributed by atoms with Crippen molar-refractivity contribution in [3.8, 4) is 5.75 Å². The van der Waals surface area contributed by atoms with E-state index in [1.54, 1.807) is 12.1 Å². The molecule has 3 aromatic rings. The van der Waals surface area contributed by atoms with Gasteiger partial charge in [-0.1, -0.05) is 60.1 Å². The molecule has 0 unspecified atom stereocenters. The first-order valence-corrected chi connectivity index (χ1v) is 13.6. The highest BCUT2D eigenvalue weighted by molar-refractivity contribution is 9.11. The van der Waals surface area contributed by atoms with Gasteiger partial charge in [-0.3, -0.25) is 4.79 Å². The van der Waals surface area contributed by atoms with Crippen molar-refractivity contribution in [3.63, 3.8) is 0 Å². The summed E-state index contributed by atoms with van der Waals surface area (Å²) in [6.45, 7) is 2.41. The number of anilines is 1. The van der Waals surface area contributed by atoms with E-state index in [9.17, 15) is 4.79 Å². The summed E-state index contributed by atoms with van der Waals surface area (Å²) in [6.07, 6.45) is 2.85.